The van der Waals surface area contributed by atoms with Crippen LogP contribution in [0, 0.1) is 0 Å². The van der Waals surface area contributed by atoms with Gasteiger partial charge in [-0.1, -0.05) is 36.4 Å². The Labute approximate surface area is 139 Å². The van der Waals surface area contributed by atoms with E-state index in [2.05, 4.69) is 9.78 Å². The van der Waals surface area contributed by atoms with Crippen molar-refractivity contribution in [1.82, 2.24) is 0 Å². The molecule has 0 unspecified atom stereocenters. The Morgan fingerprint density at radius 3 is 1.38 bits per heavy atom. The zero-order chi connectivity index (χ0) is 17.0. The second-order valence-corrected chi connectivity index (χ2v) is 4.73. The predicted molar refractivity (Wildman–Crippen MR) is 85.3 cm³/mol. The summed E-state index contributed by atoms with van der Waals surface area (Å²) >= 11 is 0. The van der Waals surface area contributed by atoms with Gasteiger partial charge in [-0.2, -0.15) is 0 Å². The van der Waals surface area contributed by atoms with Gasteiger partial charge in [0.1, 0.15) is 11.5 Å². The van der Waals surface area contributed by atoms with Crippen molar-refractivity contribution in [3.8, 4) is 11.5 Å². The SMILES string of the molecule is O=C(CCOc1ccccc1)OOC(=O)CCOc1ccccc1. The van der Waals surface area contributed by atoms with Crippen molar-refractivity contribution in [2.75, 3.05) is 13.2 Å². The van der Waals surface area contributed by atoms with E-state index in [9.17, 15) is 9.59 Å². The van der Waals surface area contributed by atoms with Gasteiger partial charge in [0.15, 0.2) is 0 Å². The molecule has 2 aromatic carbocycles. The fourth-order valence-corrected chi connectivity index (χ4v) is 1.71. The summed E-state index contributed by atoms with van der Waals surface area (Å²) in [5.74, 6) is -0.0489. The summed E-state index contributed by atoms with van der Waals surface area (Å²) in [6.07, 6.45) is -0.0502. The highest BCUT2D eigenvalue weighted by Crippen LogP contribution is 2.09. The molecule has 0 aliphatic carbocycles. The van der Waals surface area contributed by atoms with Gasteiger partial charge in [-0.25, -0.2) is 19.4 Å². The molecular formula is C18H18O6. The summed E-state index contributed by atoms with van der Waals surface area (Å²) < 4.78 is 10.7. The van der Waals surface area contributed by atoms with E-state index >= 15 is 0 Å². The Bertz CT molecular complexity index is 569. The lowest BCUT2D eigenvalue weighted by Gasteiger charge is -2.06. The van der Waals surface area contributed by atoms with Crippen molar-refractivity contribution in [2.45, 2.75) is 12.8 Å². The number of carbonyl (C=O) groups excluding carboxylic acids is 2. The van der Waals surface area contributed by atoms with Crippen molar-refractivity contribution in [2.24, 2.45) is 0 Å². The highest BCUT2D eigenvalue weighted by Gasteiger charge is 2.10. The van der Waals surface area contributed by atoms with E-state index in [1.165, 1.54) is 0 Å². The summed E-state index contributed by atoms with van der Waals surface area (Å²) in [5, 5.41) is 0. The number of hydrogen-bond acceptors (Lipinski definition) is 6. The topological polar surface area (TPSA) is 71.1 Å². The Morgan fingerprint density at radius 1 is 0.625 bits per heavy atom. The van der Waals surface area contributed by atoms with Gasteiger partial charge in [0, 0.05) is 0 Å². The maximum absolute atomic E-state index is 11.4. The molecule has 0 fully saturated rings. The van der Waals surface area contributed by atoms with Crippen LogP contribution in [-0.2, 0) is 19.4 Å². The Hall–Kier alpha value is -3.02. The van der Waals surface area contributed by atoms with Gasteiger partial charge in [0.25, 0.3) is 0 Å². The minimum Gasteiger partial charge on any atom is -0.493 e. The highest BCUT2D eigenvalue weighted by atomic mass is 17.2. The molecule has 0 amide bonds. The number of hydrogen-bond donors (Lipinski definition) is 0. The van der Waals surface area contributed by atoms with Crippen molar-refractivity contribution in [3.63, 3.8) is 0 Å². The average Bonchev–Trinajstić information content (AvgIpc) is 2.62. The fourth-order valence-electron chi connectivity index (χ4n) is 1.71. The first-order valence-corrected chi connectivity index (χ1v) is 7.50. The lowest BCUT2D eigenvalue weighted by molar-refractivity contribution is -0.259. The monoisotopic (exact) mass is 330 g/mol. The van der Waals surface area contributed by atoms with Gasteiger partial charge in [0.05, 0.1) is 26.1 Å². The summed E-state index contributed by atoms with van der Waals surface area (Å²) in [6.45, 7) is 0.273. The van der Waals surface area contributed by atoms with Gasteiger partial charge >= 0.3 is 11.9 Å². The number of benzene rings is 2. The van der Waals surface area contributed by atoms with E-state index in [0.29, 0.717) is 11.5 Å². The highest BCUT2D eigenvalue weighted by molar-refractivity contribution is 5.72. The molecule has 0 aliphatic rings. The molecule has 0 atom stereocenters. The lowest BCUT2D eigenvalue weighted by atomic mass is 10.3. The van der Waals surface area contributed by atoms with E-state index < -0.39 is 11.9 Å². The first-order valence-electron chi connectivity index (χ1n) is 7.50. The number of ether oxygens (including phenoxy) is 2. The molecule has 0 aromatic heterocycles. The van der Waals surface area contributed by atoms with Gasteiger partial charge in [-0.15, -0.1) is 0 Å². The van der Waals surface area contributed by atoms with Gasteiger partial charge in [0.2, 0.25) is 0 Å². The molecular weight excluding hydrogens is 312 g/mol. The van der Waals surface area contributed by atoms with Crippen LogP contribution in [-0.4, -0.2) is 25.2 Å². The normalized spacial score (nSPS) is 9.83. The molecule has 2 rings (SSSR count). The van der Waals surface area contributed by atoms with Crippen LogP contribution in [0.25, 0.3) is 0 Å². The van der Waals surface area contributed by atoms with Crippen LogP contribution in [0.2, 0.25) is 0 Å². The van der Waals surface area contributed by atoms with Crippen molar-refractivity contribution in [1.29, 1.82) is 0 Å². The fraction of sp³-hybridized carbons (Fsp3) is 0.222. The average molecular weight is 330 g/mol. The van der Waals surface area contributed by atoms with E-state index in [0.717, 1.165) is 0 Å². The standard InChI is InChI=1S/C18H18O6/c19-17(11-13-21-15-7-3-1-4-8-15)23-24-18(20)12-14-22-16-9-5-2-6-10-16/h1-10H,11-14H2. The quantitative estimate of drug-likeness (QED) is 0.547. The Morgan fingerprint density at radius 2 is 1.00 bits per heavy atom. The molecule has 0 saturated heterocycles. The third-order valence-corrected chi connectivity index (χ3v) is 2.86. The Balaban J connectivity index is 1.53. The third-order valence-electron chi connectivity index (χ3n) is 2.86. The number of rotatable bonds is 8. The molecule has 0 spiro atoms. The summed E-state index contributed by atoms with van der Waals surface area (Å²) in [7, 11) is 0. The summed E-state index contributed by atoms with van der Waals surface area (Å²) in [6, 6.07) is 18.1. The number of para-hydroxylation sites is 2. The first-order chi connectivity index (χ1) is 11.7. The minimum atomic E-state index is -0.678. The van der Waals surface area contributed by atoms with E-state index in [4.69, 9.17) is 9.47 Å². The summed E-state index contributed by atoms with van der Waals surface area (Å²) in [5.41, 5.74) is 0. The number of carbonyl (C=O) groups is 2. The van der Waals surface area contributed by atoms with E-state index in [1.807, 2.05) is 36.4 Å². The van der Waals surface area contributed by atoms with Crippen LogP contribution in [0.3, 0.4) is 0 Å². The molecule has 0 saturated carbocycles. The largest absolute Gasteiger partial charge is 0.493 e. The molecule has 126 valence electrons. The van der Waals surface area contributed by atoms with Crippen LogP contribution >= 0.6 is 0 Å². The van der Waals surface area contributed by atoms with E-state index in [1.54, 1.807) is 24.3 Å². The van der Waals surface area contributed by atoms with Crippen LogP contribution < -0.4 is 9.47 Å². The second-order valence-electron chi connectivity index (χ2n) is 4.73. The molecule has 0 aliphatic heterocycles. The van der Waals surface area contributed by atoms with E-state index in [-0.39, 0.29) is 26.1 Å². The second kappa shape index (κ2) is 9.89. The molecule has 2 aromatic rings. The van der Waals surface area contributed by atoms with Gasteiger partial charge < -0.3 is 9.47 Å². The van der Waals surface area contributed by atoms with Crippen LogP contribution in [0.4, 0.5) is 0 Å². The Kier molecular flexibility index (Phi) is 7.14. The molecule has 0 N–H and O–H groups in total. The molecule has 6 nitrogen and oxygen atoms in total. The van der Waals surface area contributed by atoms with Crippen LogP contribution in [0.1, 0.15) is 12.8 Å². The van der Waals surface area contributed by atoms with Gasteiger partial charge in [-0.05, 0) is 24.3 Å². The van der Waals surface area contributed by atoms with Crippen molar-refractivity contribution < 1.29 is 28.8 Å². The smallest absolute Gasteiger partial charge is 0.358 e. The first kappa shape index (κ1) is 17.3. The summed E-state index contributed by atoms with van der Waals surface area (Å²) in [4.78, 5) is 31.7. The zero-order valence-electron chi connectivity index (χ0n) is 13.1. The predicted octanol–water partition coefficient (Wildman–Crippen LogP) is 2.93. The minimum absolute atomic E-state index is 0.0251. The maximum Gasteiger partial charge on any atom is 0.358 e. The van der Waals surface area contributed by atoms with Crippen molar-refractivity contribution >= 4 is 11.9 Å². The van der Waals surface area contributed by atoms with Gasteiger partial charge in [-0.3, -0.25) is 0 Å². The zero-order valence-corrected chi connectivity index (χ0v) is 13.1. The third kappa shape index (κ3) is 6.83. The van der Waals surface area contributed by atoms with Crippen LogP contribution in [0.15, 0.2) is 60.7 Å². The molecule has 24 heavy (non-hydrogen) atoms. The molecule has 6 heteroatoms. The van der Waals surface area contributed by atoms with Crippen LogP contribution in [0.5, 0.6) is 11.5 Å². The lowest BCUT2D eigenvalue weighted by Crippen LogP contribution is -2.15. The molecule has 0 bridgehead atoms. The maximum atomic E-state index is 11.4. The molecule has 0 radical (unpaired) electrons. The molecule has 0 heterocycles. The van der Waals surface area contributed by atoms with Crippen molar-refractivity contribution in [3.05, 3.63) is 60.7 Å².